The third-order valence-corrected chi connectivity index (χ3v) is 12.4. The second-order valence-corrected chi connectivity index (χ2v) is 18.8. The van der Waals surface area contributed by atoms with Crippen molar-refractivity contribution >= 4 is 35.1 Å². The van der Waals surface area contributed by atoms with Gasteiger partial charge in [0.25, 0.3) is 0 Å². The lowest BCUT2D eigenvalue weighted by molar-refractivity contribution is -0.140. The number of halogens is 4. The molecule has 6 aromatic rings. The number of nitrogens with one attached hydrogen (secondary N) is 3. The largest absolute Gasteiger partial charge is 0.481 e. The smallest absolute Gasteiger partial charge is 0.387 e. The van der Waals surface area contributed by atoms with E-state index in [1.165, 1.54) is 24.3 Å². The van der Waals surface area contributed by atoms with Crippen LogP contribution in [0.15, 0.2) is 122 Å². The number of anilines is 4. The summed E-state index contributed by atoms with van der Waals surface area (Å²) >= 11 is 0. The molecule has 2 aliphatic rings. The Kier molecular flexibility index (Phi) is 31.4. The van der Waals surface area contributed by atoms with E-state index >= 15 is 0 Å². The molecule has 8 N–H and O–H groups in total. The van der Waals surface area contributed by atoms with Crippen LogP contribution >= 0.6 is 0 Å². The van der Waals surface area contributed by atoms with E-state index < -0.39 is 43.7 Å². The number of likely N-dealkylation sites (tertiary alicyclic amines) is 1. The number of amides is 1. The van der Waals surface area contributed by atoms with Crippen LogP contribution in [0.4, 0.5) is 40.8 Å². The van der Waals surface area contributed by atoms with Gasteiger partial charge in [-0.1, -0.05) is 54.5 Å². The first kappa shape index (κ1) is 71.1. The minimum absolute atomic E-state index is 0.0673. The highest BCUT2D eigenvalue weighted by molar-refractivity contribution is 5.84. The summed E-state index contributed by atoms with van der Waals surface area (Å²) in [6, 6.07) is 25.9. The van der Waals surface area contributed by atoms with Crippen LogP contribution in [0.2, 0.25) is 0 Å². The maximum atomic E-state index is 12.8. The van der Waals surface area contributed by atoms with Gasteiger partial charge < -0.3 is 55.9 Å². The number of nitrogens with zero attached hydrogens (tertiary/aromatic N) is 5. The number of benzene rings is 4. The first-order chi connectivity index (χ1) is 44.7. The molecule has 0 aliphatic carbocycles. The number of carbonyl (C=O) groups is 2. The number of aliphatic hydroxyl groups excluding tert-OH is 4. The predicted molar refractivity (Wildman–Crippen MR) is 339 cm³/mol. The zero-order valence-corrected chi connectivity index (χ0v) is 49.3. The van der Waals surface area contributed by atoms with Crippen molar-refractivity contribution < 1.29 is 62.2 Å². The molecule has 2 fully saturated rings. The normalized spacial score (nSPS) is 13.5. The van der Waals surface area contributed by atoms with Gasteiger partial charge in [0, 0.05) is 78.8 Å². The molecule has 0 spiro atoms. The highest BCUT2D eigenvalue weighted by Crippen LogP contribution is 2.27. The van der Waals surface area contributed by atoms with Crippen LogP contribution in [0.25, 0.3) is 22.3 Å². The summed E-state index contributed by atoms with van der Waals surface area (Å²) in [5, 5.41) is 55.9. The highest BCUT2D eigenvalue weighted by Gasteiger charge is 2.29. The minimum Gasteiger partial charge on any atom is -0.481 e. The number of aliphatic carboxylic acids is 1. The number of carbonyl (C=O) groups excluding carboxylic acids is 1. The summed E-state index contributed by atoms with van der Waals surface area (Å²) in [4.78, 5) is 42.6. The van der Waals surface area contributed by atoms with E-state index in [0.717, 1.165) is 43.5 Å². The van der Waals surface area contributed by atoms with E-state index in [-0.39, 0.29) is 36.7 Å². The fraction of sp³-hybridized carbons (Fsp3) is 0.239. The van der Waals surface area contributed by atoms with Gasteiger partial charge in [-0.2, -0.15) is 17.6 Å². The Hall–Kier alpha value is -11.7. The first-order valence-electron chi connectivity index (χ1n) is 27.9. The van der Waals surface area contributed by atoms with Gasteiger partial charge in [0.05, 0.1) is 31.3 Å². The number of aliphatic hydroxyl groups is 4. The number of aromatic nitrogens is 4. The molecule has 0 unspecified atom stereocenters. The number of carboxylic acid groups (broad SMARTS) is 1. The standard InChI is InChI=1S/C25H26F2N4O4.C21H4.C20H17F2N3O4.C5H11NO/c26-24(27)35-21-9-5-16(6-10-21)18-12-28-25(29-13-18)30-19-7-3-17(4-8-19)22(15-32)23(34)31-11-1-2-20(33)14-31;1-3-5-7-9-11-13-15-17-19-21-20-18-16-14-12-10-8-6-4-2;21-19(22)29-16-7-3-12(4-8-16)14-9-23-20(24-10-14)25-15-5-1-13(2-6-15)17(11-26)18(27)28;7-5-2-1-3-6-4-5/h3-10,12-13,20,22,24,32-33H,1-2,11,14-15H2,(H,28,29,30);1H,2H3;1-10,17,19,26H,11H2,(H,27,28)(H,23,24,25);5-7H,1-4H2/t20-,22-;;17-;5-/m1.11/s1. The molecule has 1 amide bonds. The zero-order valence-electron chi connectivity index (χ0n) is 49.3. The van der Waals surface area contributed by atoms with Gasteiger partial charge in [-0.3, -0.25) is 9.59 Å². The predicted octanol–water partition coefficient (Wildman–Crippen LogP) is 7.60. The molecule has 2 aliphatic heterocycles. The van der Waals surface area contributed by atoms with Gasteiger partial charge in [0.15, 0.2) is 0 Å². The van der Waals surface area contributed by atoms with Gasteiger partial charge >= 0.3 is 19.2 Å². The van der Waals surface area contributed by atoms with E-state index in [1.807, 2.05) is 0 Å². The quantitative estimate of drug-likeness (QED) is 0.0344. The van der Waals surface area contributed by atoms with Gasteiger partial charge in [0.2, 0.25) is 17.8 Å². The molecule has 2 aromatic heterocycles. The lowest BCUT2D eigenvalue weighted by Crippen LogP contribution is -2.44. The molecule has 464 valence electrons. The van der Waals surface area contributed by atoms with E-state index in [4.69, 9.17) is 16.6 Å². The summed E-state index contributed by atoms with van der Waals surface area (Å²) in [5.41, 5.74) is 5.42. The third-order valence-electron chi connectivity index (χ3n) is 12.4. The second-order valence-electron chi connectivity index (χ2n) is 18.8. The highest BCUT2D eigenvalue weighted by atomic mass is 19.3. The van der Waals surface area contributed by atoms with Crippen LogP contribution in [0, 0.1) is 119 Å². The Labute approximate surface area is 530 Å². The lowest BCUT2D eigenvalue weighted by Gasteiger charge is -2.32. The number of piperidine rings is 2. The number of β-amino-alcohol motifs (C(OH)–C–C–N with tert-alkyl or cyclic N) is 2. The van der Waals surface area contributed by atoms with Crippen molar-refractivity contribution in [1.82, 2.24) is 30.2 Å². The van der Waals surface area contributed by atoms with E-state index in [9.17, 15) is 42.5 Å². The third kappa shape index (κ3) is 26.7. The number of rotatable bonds is 16. The number of hydrogen-bond acceptors (Lipinski definition) is 15. The van der Waals surface area contributed by atoms with Crippen molar-refractivity contribution in [3.8, 4) is 153 Å². The Morgan fingerprint density at radius 3 is 1.28 bits per heavy atom. The summed E-state index contributed by atoms with van der Waals surface area (Å²) < 4.78 is 57.6. The van der Waals surface area contributed by atoms with Gasteiger partial charge in [0.1, 0.15) is 17.4 Å². The van der Waals surface area contributed by atoms with Crippen molar-refractivity contribution in [1.29, 1.82) is 0 Å². The molecule has 4 atom stereocenters. The van der Waals surface area contributed by atoms with Crippen LogP contribution in [0.3, 0.4) is 0 Å². The summed E-state index contributed by atoms with van der Waals surface area (Å²) in [6.07, 6.45) is 14.2. The van der Waals surface area contributed by atoms with Gasteiger partial charge in [-0.25, -0.2) is 19.9 Å². The summed E-state index contributed by atoms with van der Waals surface area (Å²) in [6.45, 7) is -2.12. The molecule has 0 bridgehead atoms. The number of carboxylic acids is 1. The zero-order chi connectivity index (χ0) is 66.1. The second kappa shape index (κ2) is 40.7. The van der Waals surface area contributed by atoms with Crippen LogP contribution < -0.4 is 25.4 Å². The summed E-state index contributed by atoms with van der Waals surface area (Å²) in [5.74, 6) is 44.8. The number of alkyl halides is 4. The topological polar surface area (TPSA) is 245 Å². The molecule has 0 saturated carbocycles. The number of ether oxygens (including phenoxy) is 2. The van der Waals surface area contributed by atoms with Crippen LogP contribution in [0.1, 0.15) is 55.6 Å². The molecule has 8 rings (SSSR count). The summed E-state index contributed by atoms with van der Waals surface area (Å²) in [7, 11) is 0. The number of terminal acetylenes is 1. The van der Waals surface area contributed by atoms with Crippen molar-refractivity contribution in [2.75, 3.05) is 50.0 Å². The van der Waals surface area contributed by atoms with Crippen molar-refractivity contribution in [2.45, 2.75) is 69.9 Å². The number of hydrogen-bond donors (Lipinski definition) is 8. The van der Waals surface area contributed by atoms with E-state index in [2.05, 4.69) is 158 Å². The van der Waals surface area contributed by atoms with Crippen LogP contribution in [-0.2, 0) is 9.59 Å². The van der Waals surface area contributed by atoms with Crippen molar-refractivity contribution in [2.24, 2.45) is 0 Å². The molecule has 0 radical (unpaired) electrons. The Morgan fingerprint density at radius 1 is 0.565 bits per heavy atom. The molecule has 17 nitrogen and oxygen atoms in total. The molecule has 21 heteroatoms. The Morgan fingerprint density at radius 2 is 0.957 bits per heavy atom. The maximum Gasteiger partial charge on any atom is 0.387 e. The Balaban J connectivity index is 0.000000244. The van der Waals surface area contributed by atoms with Crippen LogP contribution in [0.5, 0.6) is 11.5 Å². The fourth-order valence-corrected chi connectivity index (χ4v) is 8.02. The van der Waals surface area contributed by atoms with Crippen molar-refractivity contribution in [3.63, 3.8) is 0 Å². The van der Waals surface area contributed by atoms with Gasteiger partial charge in [-0.15, -0.1) is 6.42 Å². The molecule has 2 saturated heterocycles. The maximum absolute atomic E-state index is 12.8. The van der Waals surface area contributed by atoms with Crippen molar-refractivity contribution in [3.05, 3.63) is 133 Å². The van der Waals surface area contributed by atoms with E-state index in [0.29, 0.717) is 58.5 Å². The Bertz CT molecular complexity index is 4020. The monoisotopic (exact) mass is 1240 g/mol. The SMILES string of the molecule is C#CC#CC#CC#CC#CC#CC#CC#CC#CC#CC.O=C(O)[C@H](CO)c1ccc(Nc2ncc(-c3ccc(OC(F)F)cc3)cn2)cc1.O=C([C@H](CO)c1ccc(Nc2ncc(-c3ccc(OC(F)F)cc3)cn2)cc1)N1CCC[C@@H](O)C1.O[C@@H]1CCCNC1. The lowest BCUT2D eigenvalue weighted by atomic mass is 9.96. The molecule has 92 heavy (non-hydrogen) atoms. The molecule has 4 aromatic carbocycles. The van der Waals surface area contributed by atoms with E-state index in [1.54, 1.807) is 109 Å². The molecular weight excluding hydrogens is 1180 g/mol. The average Bonchev–Trinajstić information content (AvgIpc) is 1.59. The minimum atomic E-state index is -2.87. The van der Waals surface area contributed by atoms with Crippen LogP contribution in [-0.4, -0.2) is 127 Å². The first-order valence-corrected chi connectivity index (χ1v) is 27.9. The molecular formula is C71H58F4N8O9. The van der Waals surface area contributed by atoms with Gasteiger partial charge in [-0.05, 0) is 205 Å². The molecule has 4 heterocycles. The fourth-order valence-electron chi connectivity index (χ4n) is 8.02. The average molecular weight is 1240 g/mol.